The van der Waals surface area contributed by atoms with Gasteiger partial charge in [0.25, 0.3) is 0 Å². The van der Waals surface area contributed by atoms with Crippen molar-refractivity contribution in [2.24, 2.45) is 0 Å². The molecule has 0 aliphatic carbocycles. The quantitative estimate of drug-likeness (QED) is 0.680. The van der Waals surface area contributed by atoms with Crippen molar-refractivity contribution in [3.05, 3.63) is 34.9 Å². The van der Waals surface area contributed by atoms with Gasteiger partial charge in [0.2, 0.25) is 0 Å². The summed E-state index contributed by atoms with van der Waals surface area (Å²) in [4.78, 5) is 9.81. The van der Waals surface area contributed by atoms with Gasteiger partial charge >= 0.3 is 6.47 Å². The molecule has 0 saturated carbocycles. The van der Waals surface area contributed by atoms with Crippen LogP contribution in [0.4, 0.5) is 0 Å². The summed E-state index contributed by atoms with van der Waals surface area (Å²) in [5, 5.41) is 0. The highest BCUT2D eigenvalue weighted by Crippen LogP contribution is 2.10. The van der Waals surface area contributed by atoms with Crippen molar-refractivity contribution in [2.45, 2.75) is 20.5 Å². The molecule has 0 aliphatic heterocycles. The van der Waals surface area contributed by atoms with Gasteiger partial charge in [-0.3, -0.25) is 0 Å². The number of aryl methyl sites for hydroxylation is 2. The normalized spacial score (nSPS) is 9.50. The van der Waals surface area contributed by atoms with E-state index < -0.39 is 0 Å². The van der Waals surface area contributed by atoms with Gasteiger partial charge in [-0.05, 0) is 25.0 Å². The minimum atomic E-state index is 0.315. The molecule has 0 saturated heterocycles. The molecule has 12 heavy (non-hydrogen) atoms. The summed E-state index contributed by atoms with van der Waals surface area (Å²) in [6.07, 6.45) is 0. The van der Waals surface area contributed by atoms with Crippen LogP contribution in [0.15, 0.2) is 18.2 Å². The minimum Gasteiger partial charge on any atom is -0.452 e. The number of hydrogen-bond donors (Lipinski definition) is 0. The van der Waals surface area contributed by atoms with Crippen molar-refractivity contribution in [1.29, 1.82) is 0 Å². The lowest BCUT2D eigenvalue weighted by Gasteiger charge is -2.04. The van der Waals surface area contributed by atoms with E-state index in [0.29, 0.717) is 6.61 Å². The largest absolute Gasteiger partial charge is 0.452 e. The molecule has 1 aromatic rings. The van der Waals surface area contributed by atoms with Crippen LogP contribution >= 0.6 is 0 Å². The van der Waals surface area contributed by atoms with Crippen LogP contribution < -0.4 is 0 Å². The maximum Gasteiger partial charge on any atom is 0.417 e. The van der Waals surface area contributed by atoms with Crippen LogP contribution in [0.5, 0.6) is 0 Å². The molecule has 0 fully saturated rings. The van der Waals surface area contributed by atoms with Gasteiger partial charge in [0.1, 0.15) is 6.61 Å². The fraction of sp³-hybridized carbons (Fsp3) is 0.300. The Balaban J connectivity index is 2.78. The zero-order valence-corrected chi connectivity index (χ0v) is 7.26. The number of ether oxygens (including phenoxy) is 1. The van der Waals surface area contributed by atoms with Crippen molar-refractivity contribution in [1.82, 2.24) is 0 Å². The summed E-state index contributed by atoms with van der Waals surface area (Å²) in [7, 11) is 0. The molecule has 1 radical (unpaired) electrons. The van der Waals surface area contributed by atoms with E-state index in [-0.39, 0.29) is 0 Å². The van der Waals surface area contributed by atoms with Crippen molar-refractivity contribution in [2.75, 3.05) is 0 Å². The van der Waals surface area contributed by atoms with Gasteiger partial charge < -0.3 is 4.74 Å². The molecule has 1 rings (SSSR count). The Morgan fingerprint density at radius 2 is 2.17 bits per heavy atom. The molecule has 1 aromatic carbocycles. The lowest BCUT2D eigenvalue weighted by molar-refractivity contribution is 0.266. The van der Waals surface area contributed by atoms with E-state index >= 15 is 0 Å². The van der Waals surface area contributed by atoms with E-state index in [1.54, 1.807) is 0 Å². The number of benzene rings is 1. The summed E-state index contributed by atoms with van der Waals surface area (Å²) >= 11 is 0. The first-order valence-electron chi connectivity index (χ1n) is 3.79. The molecule has 2 heteroatoms. The van der Waals surface area contributed by atoms with Crippen LogP contribution in [0.3, 0.4) is 0 Å². The molecule has 0 heterocycles. The Morgan fingerprint density at radius 3 is 2.75 bits per heavy atom. The maximum absolute atomic E-state index is 9.81. The van der Waals surface area contributed by atoms with Crippen molar-refractivity contribution in [3.63, 3.8) is 0 Å². The fourth-order valence-corrected chi connectivity index (χ4v) is 1.11. The van der Waals surface area contributed by atoms with Gasteiger partial charge in [0.15, 0.2) is 0 Å². The second-order valence-corrected chi connectivity index (χ2v) is 2.80. The Kier molecular flexibility index (Phi) is 2.86. The molecule has 63 valence electrons. The Bertz CT molecular complexity index is 279. The van der Waals surface area contributed by atoms with Gasteiger partial charge in [0, 0.05) is 0 Å². The lowest BCUT2D eigenvalue weighted by atomic mass is 10.1. The topological polar surface area (TPSA) is 26.3 Å². The average molecular weight is 163 g/mol. The fourth-order valence-electron chi connectivity index (χ4n) is 1.11. The highest BCUT2D eigenvalue weighted by molar-refractivity contribution is 5.39. The van der Waals surface area contributed by atoms with Gasteiger partial charge in [-0.2, -0.15) is 0 Å². The molecule has 0 amide bonds. The Hall–Kier alpha value is -1.31. The van der Waals surface area contributed by atoms with E-state index in [1.165, 1.54) is 12.0 Å². The van der Waals surface area contributed by atoms with Crippen LogP contribution in [-0.2, 0) is 16.1 Å². The summed E-state index contributed by atoms with van der Waals surface area (Å²) in [6.45, 7) is 5.75. The SMILES string of the molecule is Cc1ccc(CO[C]=O)c(C)c1. The first kappa shape index (κ1) is 8.78. The monoisotopic (exact) mass is 163 g/mol. The molecular formula is C10H11O2. The van der Waals surface area contributed by atoms with E-state index in [1.807, 2.05) is 26.0 Å². The molecular weight excluding hydrogens is 152 g/mol. The predicted octanol–water partition coefficient (Wildman–Crippen LogP) is 1.89. The first-order valence-corrected chi connectivity index (χ1v) is 3.79. The summed E-state index contributed by atoms with van der Waals surface area (Å²) in [5.74, 6) is 0. The van der Waals surface area contributed by atoms with Gasteiger partial charge in [-0.25, -0.2) is 4.79 Å². The Labute approximate surface area is 72.2 Å². The predicted molar refractivity (Wildman–Crippen MR) is 46.4 cm³/mol. The van der Waals surface area contributed by atoms with Gasteiger partial charge in [-0.1, -0.05) is 23.8 Å². The summed E-state index contributed by atoms with van der Waals surface area (Å²) < 4.78 is 4.53. The second-order valence-electron chi connectivity index (χ2n) is 2.80. The number of hydrogen-bond acceptors (Lipinski definition) is 2. The number of rotatable bonds is 3. The molecule has 0 aliphatic rings. The zero-order chi connectivity index (χ0) is 8.97. The highest BCUT2D eigenvalue weighted by atomic mass is 16.5. The summed E-state index contributed by atoms with van der Waals surface area (Å²) in [5.41, 5.74) is 3.39. The first-order chi connectivity index (χ1) is 5.74. The van der Waals surface area contributed by atoms with E-state index in [4.69, 9.17) is 0 Å². The molecule has 0 unspecified atom stereocenters. The number of carbonyl (C=O) groups excluding carboxylic acids is 1. The standard InChI is InChI=1S/C10H11O2/c1-8-3-4-10(6-12-7-11)9(2)5-8/h3-5H,6H2,1-2H3. The zero-order valence-electron chi connectivity index (χ0n) is 7.26. The van der Waals surface area contributed by atoms with Crippen molar-refractivity contribution >= 4 is 6.47 Å². The molecule has 0 aromatic heterocycles. The van der Waals surface area contributed by atoms with Crippen LogP contribution in [0.1, 0.15) is 16.7 Å². The van der Waals surface area contributed by atoms with Gasteiger partial charge in [-0.15, -0.1) is 0 Å². The third-order valence-corrected chi connectivity index (χ3v) is 1.78. The molecule has 2 nitrogen and oxygen atoms in total. The maximum atomic E-state index is 9.81. The second kappa shape index (κ2) is 3.90. The third-order valence-electron chi connectivity index (χ3n) is 1.78. The van der Waals surface area contributed by atoms with E-state index in [2.05, 4.69) is 10.8 Å². The van der Waals surface area contributed by atoms with Crippen LogP contribution in [0.2, 0.25) is 0 Å². The summed E-state index contributed by atoms with van der Waals surface area (Å²) in [6, 6.07) is 6.02. The lowest BCUT2D eigenvalue weighted by Crippen LogP contribution is -1.93. The molecule has 0 N–H and O–H groups in total. The average Bonchev–Trinajstić information content (AvgIpc) is 2.03. The third kappa shape index (κ3) is 2.09. The van der Waals surface area contributed by atoms with E-state index in [0.717, 1.165) is 11.1 Å². The van der Waals surface area contributed by atoms with Crippen molar-refractivity contribution < 1.29 is 9.53 Å². The molecule has 0 bridgehead atoms. The minimum absolute atomic E-state index is 0.315. The molecule has 0 atom stereocenters. The Morgan fingerprint density at radius 1 is 1.42 bits per heavy atom. The molecule has 0 spiro atoms. The smallest absolute Gasteiger partial charge is 0.417 e. The van der Waals surface area contributed by atoms with Crippen LogP contribution in [0, 0.1) is 13.8 Å². The van der Waals surface area contributed by atoms with Gasteiger partial charge in [0.05, 0.1) is 0 Å². The van der Waals surface area contributed by atoms with Crippen molar-refractivity contribution in [3.8, 4) is 0 Å². The van der Waals surface area contributed by atoms with Crippen LogP contribution in [0.25, 0.3) is 0 Å². The van der Waals surface area contributed by atoms with E-state index in [9.17, 15) is 4.79 Å². The van der Waals surface area contributed by atoms with Crippen LogP contribution in [-0.4, -0.2) is 6.47 Å². The highest BCUT2D eigenvalue weighted by Gasteiger charge is 1.97.